The molecule has 0 spiro atoms. The Bertz CT molecular complexity index is 520. The quantitative estimate of drug-likeness (QED) is 0.556. The van der Waals surface area contributed by atoms with Crippen LogP contribution in [0.5, 0.6) is 0 Å². The van der Waals surface area contributed by atoms with Gasteiger partial charge >= 0.3 is 17.1 Å². The van der Waals surface area contributed by atoms with Gasteiger partial charge in [-0.3, -0.25) is 4.79 Å². The molecule has 1 heterocycles. The molecule has 0 radical (unpaired) electrons. The molecule has 1 aliphatic heterocycles. The molecule has 3 aliphatic rings. The van der Waals surface area contributed by atoms with Crippen molar-refractivity contribution in [2.24, 2.45) is 5.92 Å². The SMILES string of the molecule is C1CCCC1.O=C1Nc2ccccc2/C1=C\C1CCCC1.[Fe+2]. The predicted octanol–water partition coefficient (Wildman–Crippen LogP) is 5.16. The van der Waals surface area contributed by atoms with Crippen LogP contribution in [0.15, 0.2) is 30.3 Å². The van der Waals surface area contributed by atoms with Gasteiger partial charge in [0.2, 0.25) is 0 Å². The van der Waals surface area contributed by atoms with Crippen molar-refractivity contribution in [3.8, 4) is 0 Å². The van der Waals surface area contributed by atoms with Gasteiger partial charge in [0.05, 0.1) is 0 Å². The van der Waals surface area contributed by atoms with Crippen molar-refractivity contribution in [2.45, 2.75) is 57.8 Å². The average Bonchev–Trinajstić information content (AvgIpc) is 3.24. The van der Waals surface area contributed by atoms with Gasteiger partial charge in [0.25, 0.3) is 5.91 Å². The Hall–Kier alpha value is -1.05. The van der Waals surface area contributed by atoms with Gasteiger partial charge in [0, 0.05) is 16.8 Å². The fourth-order valence-electron chi connectivity index (χ4n) is 3.55. The van der Waals surface area contributed by atoms with E-state index in [1.165, 1.54) is 57.8 Å². The van der Waals surface area contributed by atoms with Gasteiger partial charge in [-0.05, 0) is 24.8 Å². The Balaban J connectivity index is 0.000000253. The van der Waals surface area contributed by atoms with Gasteiger partial charge in [0.1, 0.15) is 0 Å². The molecular formula is C19H25FeNO+2. The van der Waals surface area contributed by atoms with Crippen LogP contribution in [0.25, 0.3) is 5.57 Å². The number of fused-ring (bicyclic) bond motifs is 1. The molecule has 118 valence electrons. The molecule has 4 rings (SSSR count). The van der Waals surface area contributed by atoms with Crippen molar-refractivity contribution in [1.82, 2.24) is 0 Å². The zero-order chi connectivity index (χ0) is 14.5. The zero-order valence-electron chi connectivity index (χ0n) is 13.1. The number of para-hydroxylation sites is 1. The van der Waals surface area contributed by atoms with Gasteiger partial charge in [-0.1, -0.05) is 69.2 Å². The van der Waals surface area contributed by atoms with Crippen molar-refractivity contribution in [2.75, 3.05) is 5.32 Å². The fraction of sp³-hybridized carbons (Fsp3) is 0.526. The maximum absolute atomic E-state index is 11.8. The molecule has 2 saturated carbocycles. The molecule has 1 aromatic carbocycles. The van der Waals surface area contributed by atoms with Crippen LogP contribution in [0.4, 0.5) is 5.69 Å². The van der Waals surface area contributed by atoms with E-state index in [-0.39, 0.29) is 23.0 Å². The second-order valence-electron chi connectivity index (χ2n) is 6.39. The first kappa shape index (κ1) is 17.3. The molecule has 2 nitrogen and oxygen atoms in total. The minimum absolute atomic E-state index is 0. The molecule has 1 amide bonds. The molecule has 0 atom stereocenters. The molecule has 1 aromatic rings. The van der Waals surface area contributed by atoms with E-state index in [1.54, 1.807) is 0 Å². The second-order valence-corrected chi connectivity index (χ2v) is 6.39. The van der Waals surface area contributed by atoms with Crippen LogP contribution in [0.1, 0.15) is 63.4 Å². The van der Waals surface area contributed by atoms with E-state index in [2.05, 4.69) is 11.4 Å². The third kappa shape index (κ3) is 4.24. The summed E-state index contributed by atoms with van der Waals surface area (Å²) in [6, 6.07) is 7.93. The number of allylic oxidation sites excluding steroid dienone is 1. The zero-order valence-corrected chi connectivity index (χ0v) is 14.2. The summed E-state index contributed by atoms with van der Waals surface area (Å²) in [6.45, 7) is 0. The summed E-state index contributed by atoms with van der Waals surface area (Å²) >= 11 is 0. The second kappa shape index (κ2) is 8.55. The van der Waals surface area contributed by atoms with Crippen molar-refractivity contribution < 1.29 is 21.9 Å². The van der Waals surface area contributed by atoms with Gasteiger partial charge in [-0.25, -0.2) is 0 Å². The fourth-order valence-corrected chi connectivity index (χ4v) is 3.55. The van der Waals surface area contributed by atoms with E-state index in [1.807, 2.05) is 24.3 Å². The molecule has 0 bridgehead atoms. The Morgan fingerprint density at radius 2 is 1.50 bits per heavy atom. The van der Waals surface area contributed by atoms with Crippen LogP contribution in [-0.2, 0) is 21.9 Å². The van der Waals surface area contributed by atoms with Crippen molar-refractivity contribution in [1.29, 1.82) is 0 Å². The van der Waals surface area contributed by atoms with E-state index in [4.69, 9.17) is 0 Å². The summed E-state index contributed by atoms with van der Waals surface area (Å²) in [5, 5.41) is 2.91. The van der Waals surface area contributed by atoms with Crippen LogP contribution in [0.3, 0.4) is 0 Å². The normalized spacial score (nSPS) is 21.8. The molecule has 2 aliphatic carbocycles. The minimum Gasteiger partial charge on any atom is -0.321 e. The number of nitrogens with one attached hydrogen (secondary N) is 1. The maximum Gasteiger partial charge on any atom is 2.00 e. The molecular weight excluding hydrogens is 314 g/mol. The summed E-state index contributed by atoms with van der Waals surface area (Å²) < 4.78 is 0. The number of hydrogen-bond acceptors (Lipinski definition) is 1. The van der Waals surface area contributed by atoms with E-state index in [9.17, 15) is 4.79 Å². The number of benzene rings is 1. The standard InChI is InChI=1S/C14H15NO.C5H10.Fe/c16-14-12(9-10-5-1-2-6-10)11-7-3-4-8-13(11)15-14;1-2-4-5-3-1;/h3-4,7-10H,1-2,5-6H2,(H,15,16);1-5H2;/q;;+2/b12-9+;;. The first-order valence-corrected chi connectivity index (χ1v) is 8.47. The predicted molar refractivity (Wildman–Crippen MR) is 88.1 cm³/mol. The third-order valence-corrected chi connectivity index (χ3v) is 4.76. The Kier molecular flexibility index (Phi) is 6.72. The number of rotatable bonds is 1. The van der Waals surface area contributed by atoms with E-state index in [0.717, 1.165) is 16.8 Å². The van der Waals surface area contributed by atoms with Gasteiger partial charge in [-0.2, -0.15) is 0 Å². The van der Waals surface area contributed by atoms with Crippen LogP contribution in [0, 0.1) is 5.92 Å². The first-order chi connectivity index (χ1) is 10.3. The molecule has 22 heavy (non-hydrogen) atoms. The molecule has 0 aromatic heterocycles. The first-order valence-electron chi connectivity index (χ1n) is 8.47. The monoisotopic (exact) mass is 339 g/mol. The number of anilines is 1. The molecule has 1 N–H and O–H groups in total. The Morgan fingerprint density at radius 3 is 2.14 bits per heavy atom. The van der Waals surface area contributed by atoms with Crippen LogP contribution in [0.2, 0.25) is 0 Å². The average molecular weight is 339 g/mol. The third-order valence-electron chi connectivity index (χ3n) is 4.76. The van der Waals surface area contributed by atoms with Gasteiger partial charge in [0.15, 0.2) is 0 Å². The summed E-state index contributed by atoms with van der Waals surface area (Å²) in [7, 11) is 0. The number of carbonyl (C=O) groups excluding carboxylic acids is 1. The smallest absolute Gasteiger partial charge is 0.321 e. The summed E-state index contributed by atoms with van der Waals surface area (Å²) in [6.07, 6.45) is 14.8. The van der Waals surface area contributed by atoms with Gasteiger partial charge in [-0.15, -0.1) is 0 Å². The number of hydrogen-bond donors (Lipinski definition) is 1. The number of carbonyl (C=O) groups is 1. The van der Waals surface area contributed by atoms with E-state index >= 15 is 0 Å². The Labute approximate surface area is 144 Å². The van der Waals surface area contributed by atoms with Crippen molar-refractivity contribution in [3.63, 3.8) is 0 Å². The van der Waals surface area contributed by atoms with Crippen molar-refractivity contribution in [3.05, 3.63) is 35.9 Å². The number of amides is 1. The van der Waals surface area contributed by atoms with Crippen LogP contribution < -0.4 is 5.32 Å². The molecule has 0 saturated heterocycles. The molecule has 2 fully saturated rings. The van der Waals surface area contributed by atoms with E-state index in [0.29, 0.717) is 5.92 Å². The largest absolute Gasteiger partial charge is 2.00 e. The summed E-state index contributed by atoms with van der Waals surface area (Å²) in [4.78, 5) is 11.8. The minimum atomic E-state index is 0. The van der Waals surface area contributed by atoms with E-state index < -0.39 is 0 Å². The Morgan fingerprint density at radius 1 is 0.909 bits per heavy atom. The topological polar surface area (TPSA) is 29.1 Å². The molecule has 0 unspecified atom stereocenters. The molecule has 3 heteroatoms. The van der Waals surface area contributed by atoms with Crippen molar-refractivity contribution >= 4 is 17.2 Å². The summed E-state index contributed by atoms with van der Waals surface area (Å²) in [5.74, 6) is 0.667. The van der Waals surface area contributed by atoms with Crippen LogP contribution in [-0.4, -0.2) is 5.91 Å². The summed E-state index contributed by atoms with van der Waals surface area (Å²) in [5.41, 5.74) is 2.90. The maximum atomic E-state index is 11.8. The van der Waals surface area contributed by atoms with Gasteiger partial charge < -0.3 is 5.32 Å². The van der Waals surface area contributed by atoms with Crippen LogP contribution >= 0.6 is 0 Å².